The second kappa shape index (κ2) is 15.8. The summed E-state index contributed by atoms with van der Waals surface area (Å²) in [6.45, 7) is 12.5. The average Bonchev–Trinajstić information content (AvgIpc) is 2.92. The smallest absolute Gasteiger partial charge is 0.328 e. The number of nitrogens with zero attached hydrogens (tertiary/aromatic N) is 4. The molecule has 1 saturated heterocycles. The molecule has 1 fully saturated rings. The van der Waals surface area contributed by atoms with Crippen molar-refractivity contribution in [3.63, 3.8) is 0 Å². The molecule has 0 aromatic carbocycles. The average molecular weight is 601 g/mol. The van der Waals surface area contributed by atoms with Crippen LogP contribution in [0.5, 0.6) is 0 Å². The van der Waals surface area contributed by atoms with E-state index in [1.165, 1.54) is 41.8 Å². The molecule has 0 aliphatic carbocycles. The van der Waals surface area contributed by atoms with Crippen molar-refractivity contribution in [2.45, 2.75) is 104 Å². The number of hydrogen-bond donors (Lipinski definition) is 0. The van der Waals surface area contributed by atoms with Gasteiger partial charge in [-0.05, 0) is 69.5 Å². The molecule has 42 heavy (non-hydrogen) atoms. The van der Waals surface area contributed by atoms with Crippen LogP contribution in [-0.4, -0.2) is 145 Å². The standard InChI is InChI=1S/C28H48N4O10/c1-15-13-29(9)17(3)25(35)41-22(8)24(34)32(12)20(6)28(38)40-16(2)14-30(10)18(4)26(36)42-21(7)23(33)31(11)19(5)27(37)39-15/h15-22H,13-14H2,1-12H3. The topological polar surface area (TPSA) is 152 Å². The Bertz CT molecular complexity index is 925. The molecule has 0 aromatic heterocycles. The first-order chi connectivity index (χ1) is 19.3. The summed E-state index contributed by atoms with van der Waals surface area (Å²) in [5, 5.41) is 0. The van der Waals surface area contributed by atoms with Gasteiger partial charge in [0.2, 0.25) is 0 Å². The molecule has 14 heteroatoms. The number of carbonyl (C=O) groups excluding carboxylic acids is 6. The van der Waals surface area contributed by atoms with E-state index in [9.17, 15) is 28.8 Å². The van der Waals surface area contributed by atoms with Crippen LogP contribution < -0.4 is 0 Å². The van der Waals surface area contributed by atoms with Gasteiger partial charge >= 0.3 is 23.9 Å². The summed E-state index contributed by atoms with van der Waals surface area (Å²) in [5.74, 6) is -3.90. The lowest BCUT2D eigenvalue weighted by Gasteiger charge is -2.31. The molecule has 0 aromatic rings. The highest BCUT2D eigenvalue weighted by atomic mass is 16.6. The van der Waals surface area contributed by atoms with E-state index in [1.54, 1.807) is 51.6 Å². The maximum absolute atomic E-state index is 12.9. The molecule has 8 atom stereocenters. The van der Waals surface area contributed by atoms with Crippen molar-refractivity contribution in [3.8, 4) is 0 Å². The van der Waals surface area contributed by atoms with Crippen LogP contribution in [0.4, 0.5) is 0 Å². The second-order valence-corrected chi connectivity index (χ2v) is 11.1. The van der Waals surface area contributed by atoms with Crippen molar-refractivity contribution < 1.29 is 47.7 Å². The molecule has 240 valence electrons. The number of cyclic esters (lactones) is 4. The minimum Gasteiger partial charge on any atom is -0.460 e. The molecule has 2 amide bonds. The number of amides is 2. The fraction of sp³-hybridized carbons (Fsp3) is 0.786. The summed E-state index contributed by atoms with van der Waals surface area (Å²) in [4.78, 5) is 82.5. The lowest BCUT2D eigenvalue weighted by molar-refractivity contribution is -0.169. The summed E-state index contributed by atoms with van der Waals surface area (Å²) in [6.07, 6.45) is -3.69. The van der Waals surface area contributed by atoms with E-state index in [-0.39, 0.29) is 13.1 Å². The van der Waals surface area contributed by atoms with Gasteiger partial charge < -0.3 is 28.7 Å². The highest BCUT2D eigenvalue weighted by Crippen LogP contribution is 2.13. The molecule has 14 nitrogen and oxygen atoms in total. The Hall–Kier alpha value is -3.26. The van der Waals surface area contributed by atoms with Crippen LogP contribution in [0.25, 0.3) is 0 Å². The van der Waals surface area contributed by atoms with Crippen LogP contribution >= 0.6 is 0 Å². The summed E-state index contributed by atoms with van der Waals surface area (Å²) in [6, 6.07) is -3.56. The van der Waals surface area contributed by atoms with Crippen LogP contribution in [0.3, 0.4) is 0 Å². The molecule has 0 bridgehead atoms. The van der Waals surface area contributed by atoms with E-state index in [1.807, 2.05) is 0 Å². The lowest BCUT2D eigenvalue weighted by Crippen LogP contribution is -2.50. The number of carbonyl (C=O) groups is 6. The predicted octanol–water partition coefficient (Wildman–Crippen LogP) is 0.0612. The first-order valence-corrected chi connectivity index (χ1v) is 14.1. The van der Waals surface area contributed by atoms with Crippen molar-refractivity contribution >= 4 is 35.7 Å². The number of esters is 4. The van der Waals surface area contributed by atoms with Gasteiger partial charge in [0, 0.05) is 27.2 Å². The first-order valence-electron chi connectivity index (χ1n) is 14.1. The first kappa shape index (κ1) is 36.8. The Morgan fingerprint density at radius 3 is 1.00 bits per heavy atom. The van der Waals surface area contributed by atoms with Gasteiger partial charge in [-0.2, -0.15) is 0 Å². The van der Waals surface area contributed by atoms with E-state index in [0.29, 0.717) is 0 Å². The third kappa shape index (κ3) is 9.93. The molecule has 0 spiro atoms. The van der Waals surface area contributed by atoms with Gasteiger partial charge in [-0.15, -0.1) is 0 Å². The maximum atomic E-state index is 12.9. The molecular formula is C28H48N4O10. The minimum absolute atomic E-state index is 0.148. The zero-order chi connectivity index (χ0) is 32.6. The molecule has 1 aliphatic rings. The molecule has 1 rings (SSSR count). The molecule has 8 unspecified atom stereocenters. The Kier molecular flexibility index (Phi) is 13.9. The fourth-order valence-corrected chi connectivity index (χ4v) is 4.07. The normalized spacial score (nSPS) is 33.8. The van der Waals surface area contributed by atoms with Crippen LogP contribution in [0.1, 0.15) is 55.4 Å². The molecule has 1 heterocycles. The zero-order valence-corrected chi connectivity index (χ0v) is 26.9. The Labute approximate surface area is 248 Å². The Morgan fingerprint density at radius 1 is 0.452 bits per heavy atom. The van der Waals surface area contributed by atoms with E-state index in [2.05, 4.69) is 0 Å². The highest BCUT2D eigenvalue weighted by Gasteiger charge is 2.34. The third-order valence-electron chi connectivity index (χ3n) is 7.55. The maximum Gasteiger partial charge on any atom is 0.328 e. The largest absolute Gasteiger partial charge is 0.460 e. The summed E-state index contributed by atoms with van der Waals surface area (Å²) < 4.78 is 21.8. The second-order valence-electron chi connectivity index (χ2n) is 11.1. The van der Waals surface area contributed by atoms with Crippen LogP contribution in [-0.2, 0) is 47.7 Å². The zero-order valence-electron chi connectivity index (χ0n) is 26.9. The molecular weight excluding hydrogens is 552 g/mol. The van der Waals surface area contributed by atoms with Crippen molar-refractivity contribution in [1.82, 2.24) is 19.6 Å². The monoisotopic (exact) mass is 600 g/mol. The Balaban J connectivity index is 3.22. The van der Waals surface area contributed by atoms with Crippen molar-refractivity contribution in [1.29, 1.82) is 0 Å². The molecule has 0 N–H and O–H groups in total. The molecule has 1 aliphatic heterocycles. The fourth-order valence-electron chi connectivity index (χ4n) is 4.07. The van der Waals surface area contributed by atoms with Crippen molar-refractivity contribution in [2.24, 2.45) is 0 Å². The SMILES string of the molecule is CC1CN(C)C(C)C(=O)OC(C)C(=O)N(C)C(C)C(=O)OC(C)CN(C)C(C)C(=O)OC(C)C(=O)N(C)C(C)C(=O)O1. The van der Waals surface area contributed by atoms with Crippen molar-refractivity contribution in [2.75, 3.05) is 41.3 Å². The third-order valence-corrected chi connectivity index (χ3v) is 7.55. The van der Waals surface area contributed by atoms with Gasteiger partial charge in [0.05, 0.1) is 0 Å². The predicted molar refractivity (Wildman–Crippen MR) is 151 cm³/mol. The summed E-state index contributed by atoms with van der Waals surface area (Å²) >= 11 is 0. The van der Waals surface area contributed by atoms with E-state index < -0.39 is 84.3 Å². The Morgan fingerprint density at radius 2 is 0.714 bits per heavy atom. The van der Waals surface area contributed by atoms with Gasteiger partial charge in [-0.25, -0.2) is 9.59 Å². The van der Waals surface area contributed by atoms with E-state index >= 15 is 0 Å². The van der Waals surface area contributed by atoms with Crippen LogP contribution in [0.15, 0.2) is 0 Å². The van der Waals surface area contributed by atoms with Crippen LogP contribution in [0, 0.1) is 0 Å². The van der Waals surface area contributed by atoms with Gasteiger partial charge in [0.1, 0.15) is 36.4 Å². The van der Waals surface area contributed by atoms with Crippen molar-refractivity contribution in [3.05, 3.63) is 0 Å². The number of likely N-dealkylation sites (N-methyl/N-ethyl adjacent to an activating group) is 4. The van der Waals surface area contributed by atoms with E-state index in [0.717, 1.165) is 9.80 Å². The minimum atomic E-state index is -1.18. The number of rotatable bonds is 0. The molecule has 0 saturated carbocycles. The highest BCUT2D eigenvalue weighted by molar-refractivity contribution is 5.89. The number of ether oxygens (including phenoxy) is 4. The summed E-state index contributed by atoms with van der Waals surface area (Å²) in [5.41, 5.74) is 0. The van der Waals surface area contributed by atoms with Gasteiger partial charge in [-0.1, -0.05) is 0 Å². The van der Waals surface area contributed by atoms with E-state index in [4.69, 9.17) is 18.9 Å². The lowest BCUT2D eigenvalue weighted by atomic mass is 10.2. The van der Waals surface area contributed by atoms with Gasteiger partial charge in [0.15, 0.2) is 12.2 Å². The number of hydrogen-bond acceptors (Lipinski definition) is 12. The quantitative estimate of drug-likeness (QED) is 0.273. The van der Waals surface area contributed by atoms with Crippen LogP contribution in [0.2, 0.25) is 0 Å². The summed E-state index contributed by atoms with van der Waals surface area (Å²) in [7, 11) is 6.07. The van der Waals surface area contributed by atoms with Gasteiger partial charge in [-0.3, -0.25) is 29.0 Å². The molecule has 0 radical (unpaired) electrons. The van der Waals surface area contributed by atoms with Gasteiger partial charge in [0.25, 0.3) is 11.8 Å².